The molecule has 0 atom stereocenters. The van der Waals surface area contributed by atoms with Gasteiger partial charge in [0.2, 0.25) is 0 Å². The lowest BCUT2D eigenvalue weighted by molar-refractivity contribution is 0.632. The highest BCUT2D eigenvalue weighted by molar-refractivity contribution is 6.13. The van der Waals surface area contributed by atoms with Gasteiger partial charge in [0.25, 0.3) is 0 Å². The van der Waals surface area contributed by atoms with Gasteiger partial charge >= 0.3 is 0 Å². The van der Waals surface area contributed by atoms with Crippen LogP contribution in [-0.2, 0) is 5.41 Å². The molecule has 0 saturated heterocycles. The lowest BCUT2D eigenvalue weighted by Gasteiger charge is -2.42. The van der Waals surface area contributed by atoms with Crippen LogP contribution >= 0.6 is 0 Å². The van der Waals surface area contributed by atoms with Crippen LogP contribution in [0.4, 0.5) is 17.1 Å². The maximum atomic E-state index is 6.63. The maximum Gasteiger partial charge on any atom is 0.180 e. The number of benzene rings is 7. The Labute approximate surface area is 312 Å². The summed E-state index contributed by atoms with van der Waals surface area (Å²) in [5.74, 6) is 0.670. The van der Waals surface area contributed by atoms with E-state index in [1.807, 2.05) is 36.4 Å². The predicted molar refractivity (Wildman–Crippen MR) is 221 cm³/mol. The molecular formula is C49H34N4O. The number of para-hydroxylation sites is 3. The molecule has 0 amide bonds. The van der Waals surface area contributed by atoms with Gasteiger partial charge in [0.1, 0.15) is 16.8 Å². The zero-order chi connectivity index (χ0) is 36.0. The van der Waals surface area contributed by atoms with Crippen molar-refractivity contribution in [2.45, 2.75) is 19.3 Å². The standard InChI is InChI=1S/C49H34N4O/c1-49(2)38-23-13-15-25-41(38)52(33-20-10-5-11-21-33)43-29-36-35-22-12-14-24-40(35)53(42(36)30-39(43)49)34-26-27-44-37(28-34)46-47(54-44)45(31-16-6-3-7-17-31)50-48(51-46)32-18-8-4-9-19-32/h3-30H,1-2H3. The average Bonchev–Trinajstić information content (AvgIpc) is 3.76. The van der Waals surface area contributed by atoms with E-state index in [4.69, 9.17) is 14.4 Å². The smallest absolute Gasteiger partial charge is 0.180 e. The highest BCUT2D eigenvalue weighted by Gasteiger charge is 2.37. The van der Waals surface area contributed by atoms with Crippen LogP contribution < -0.4 is 4.90 Å². The van der Waals surface area contributed by atoms with Crippen molar-refractivity contribution in [1.82, 2.24) is 14.5 Å². The Balaban J connectivity index is 1.19. The number of fused-ring (bicyclic) bond motifs is 8. The minimum Gasteiger partial charge on any atom is -0.452 e. The summed E-state index contributed by atoms with van der Waals surface area (Å²) in [5.41, 5.74) is 14.3. The summed E-state index contributed by atoms with van der Waals surface area (Å²) in [6, 6.07) is 60.0. The summed E-state index contributed by atoms with van der Waals surface area (Å²) in [5, 5.41) is 3.36. The van der Waals surface area contributed by atoms with Crippen molar-refractivity contribution < 1.29 is 4.42 Å². The normalized spacial score (nSPS) is 13.5. The fourth-order valence-electron chi connectivity index (χ4n) is 8.57. The Hall–Kier alpha value is -6.98. The van der Waals surface area contributed by atoms with Crippen molar-refractivity contribution >= 4 is 60.9 Å². The average molecular weight is 695 g/mol. The van der Waals surface area contributed by atoms with Gasteiger partial charge in [0, 0.05) is 44.1 Å². The minimum absolute atomic E-state index is 0.240. The zero-order valence-electron chi connectivity index (χ0n) is 29.9. The highest BCUT2D eigenvalue weighted by atomic mass is 16.3. The molecule has 4 heterocycles. The fourth-order valence-corrected chi connectivity index (χ4v) is 8.57. The molecule has 256 valence electrons. The second-order valence-electron chi connectivity index (χ2n) is 14.6. The molecule has 0 spiro atoms. The van der Waals surface area contributed by atoms with E-state index in [9.17, 15) is 0 Å². The van der Waals surface area contributed by atoms with Crippen LogP contribution in [0.15, 0.2) is 174 Å². The van der Waals surface area contributed by atoms with Gasteiger partial charge in [0.15, 0.2) is 11.4 Å². The van der Waals surface area contributed by atoms with Gasteiger partial charge in [-0.15, -0.1) is 0 Å². The number of aromatic nitrogens is 3. The molecule has 3 aromatic heterocycles. The molecule has 0 saturated carbocycles. The summed E-state index contributed by atoms with van der Waals surface area (Å²) in [7, 11) is 0. The first kappa shape index (κ1) is 30.6. The molecule has 0 radical (unpaired) electrons. The summed E-state index contributed by atoms with van der Waals surface area (Å²) < 4.78 is 9.03. The van der Waals surface area contributed by atoms with Crippen LogP contribution in [-0.4, -0.2) is 14.5 Å². The number of hydrogen-bond acceptors (Lipinski definition) is 4. The first-order valence-electron chi connectivity index (χ1n) is 18.4. The number of furan rings is 1. The predicted octanol–water partition coefficient (Wildman–Crippen LogP) is 12.9. The Bertz CT molecular complexity index is 3070. The van der Waals surface area contributed by atoms with Gasteiger partial charge in [-0.3, -0.25) is 0 Å². The summed E-state index contributed by atoms with van der Waals surface area (Å²) in [4.78, 5) is 12.7. The third kappa shape index (κ3) is 4.45. The van der Waals surface area contributed by atoms with Crippen LogP contribution in [0.25, 0.3) is 72.2 Å². The van der Waals surface area contributed by atoms with E-state index in [1.54, 1.807) is 0 Å². The lowest BCUT2D eigenvalue weighted by atomic mass is 9.73. The Morgan fingerprint density at radius 2 is 1.19 bits per heavy atom. The van der Waals surface area contributed by atoms with Crippen molar-refractivity contribution in [2.75, 3.05) is 4.90 Å². The van der Waals surface area contributed by atoms with Crippen molar-refractivity contribution in [2.24, 2.45) is 0 Å². The van der Waals surface area contributed by atoms with Crippen LogP contribution in [0.5, 0.6) is 0 Å². The molecule has 1 aliphatic heterocycles. The van der Waals surface area contributed by atoms with E-state index < -0.39 is 0 Å². The largest absolute Gasteiger partial charge is 0.452 e. The van der Waals surface area contributed by atoms with Gasteiger partial charge in [-0.25, -0.2) is 9.97 Å². The third-order valence-electron chi connectivity index (χ3n) is 11.2. The van der Waals surface area contributed by atoms with Crippen LogP contribution in [0.2, 0.25) is 0 Å². The molecule has 1 aliphatic rings. The quantitative estimate of drug-likeness (QED) is 0.184. The summed E-state index contributed by atoms with van der Waals surface area (Å²) >= 11 is 0. The molecule has 5 heteroatoms. The third-order valence-corrected chi connectivity index (χ3v) is 11.2. The zero-order valence-corrected chi connectivity index (χ0v) is 29.9. The van der Waals surface area contributed by atoms with Crippen molar-refractivity contribution in [3.05, 3.63) is 181 Å². The first-order valence-corrected chi connectivity index (χ1v) is 18.4. The topological polar surface area (TPSA) is 47.1 Å². The van der Waals surface area contributed by atoms with Crippen LogP contribution in [0.3, 0.4) is 0 Å². The molecule has 10 aromatic rings. The molecule has 0 unspecified atom stereocenters. The summed E-state index contributed by atoms with van der Waals surface area (Å²) in [6.45, 7) is 4.70. The van der Waals surface area contributed by atoms with Crippen molar-refractivity contribution in [3.8, 4) is 28.3 Å². The van der Waals surface area contributed by atoms with E-state index in [2.05, 4.69) is 157 Å². The molecule has 0 fully saturated rings. The molecule has 11 rings (SSSR count). The second-order valence-corrected chi connectivity index (χ2v) is 14.6. The molecule has 7 aromatic carbocycles. The van der Waals surface area contributed by atoms with Crippen molar-refractivity contribution in [1.29, 1.82) is 0 Å². The number of rotatable bonds is 4. The van der Waals surface area contributed by atoms with Crippen molar-refractivity contribution in [3.63, 3.8) is 0 Å². The second kappa shape index (κ2) is 11.5. The van der Waals surface area contributed by atoms with E-state index >= 15 is 0 Å². The molecular weight excluding hydrogens is 661 g/mol. The maximum absolute atomic E-state index is 6.63. The highest BCUT2D eigenvalue weighted by Crippen LogP contribution is 2.53. The molecule has 0 bridgehead atoms. The molecule has 54 heavy (non-hydrogen) atoms. The SMILES string of the molecule is CC1(C)c2ccccc2N(c2ccccc2)c2cc3c4ccccc4n(-c4ccc5oc6c(-c7ccccc7)nc(-c7ccccc7)nc6c5c4)c3cc21. The molecule has 0 aliphatic carbocycles. The number of anilines is 3. The number of hydrogen-bond donors (Lipinski definition) is 0. The van der Waals surface area contributed by atoms with E-state index in [0.29, 0.717) is 11.4 Å². The first-order chi connectivity index (χ1) is 26.5. The lowest BCUT2D eigenvalue weighted by Crippen LogP contribution is -2.30. The van der Waals surface area contributed by atoms with E-state index in [0.717, 1.165) is 55.7 Å². The van der Waals surface area contributed by atoms with Gasteiger partial charge in [-0.05, 0) is 65.7 Å². The molecule has 5 nitrogen and oxygen atoms in total. The van der Waals surface area contributed by atoms with Gasteiger partial charge in [-0.1, -0.05) is 129 Å². The Morgan fingerprint density at radius 1 is 0.500 bits per heavy atom. The Kier molecular flexibility index (Phi) is 6.53. The minimum atomic E-state index is -0.240. The Morgan fingerprint density at radius 3 is 1.98 bits per heavy atom. The van der Waals surface area contributed by atoms with Crippen LogP contribution in [0, 0.1) is 0 Å². The fraction of sp³-hybridized carbons (Fsp3) is 0.0612. The van der Waals surface area contributed by atoms with Gasteiger partial charge < -0.3 is 13.9 Å². The number of nitrogens with zero attached hydrogens (tertiary/aromatic N) is 4. The van der Waals surface area contributed by atoms with E-state index in [1.165, 1.54) is 33.3 Å². The van der Waals surface area contributed by atoms with Gasteiger partial charge in [-0.2, -0.15) is 0 Å². The molecule has 0 N–H and O–H groups in total. The summed E-state index contributed by atoms with van der Waals surface area (Å²) in [6.07, 6.45) is 0. The van der Waals surface area contributed by atoms with E-state index in [-0.39, 0.29) is 5.41 Å². The van der Waals surface area contributed by atoms with Crippen LogP contribution in [0.1, 0.15) is 25.0 Å². The van der Waals surface area contributed by atoms with Gasteiger partial charge in [0.05, 0.1) is 22.4 Å². The monoisotopic (exact) mass is 694 g/mol.